The van der Waals surface area contributed by atoms with Crippen molar-refractivity contribution in [3.63, 3.8) is 0 Å². The molecule has 2 amide bonds. The summed E-state index contributed by atoms with van der Waals surface area (Å²) < 4.78 is 5.73. The van der Waals surface area contributed by atoms with E-state index in [1.54, 1.807) is 13.1 Å². The van der Waals surface area contributed by atoms with Crippen molar-refractivity contribution in [2.45, 2.75) is 97.2 Å². The third-order valence-electron chi connectivity index (χ3n) is 6.25. The number of hydrogen-bond acceptors (Lipinski definition) is 10. The quantitative estimate of drug-likeness (QED) is 0.193. The third-order valence-corrected chi connectivity index (χ3v) is 9.14. The molecule has 0 aliphatic carbocycles. The highest BCUT2D eigenvalue weighted by Gasteiger charge is 2.28. The molecule has 0 saturated carbocycles. The fraction of sp³-hybridized carbons (Fsp3) is 0.655. The van der Waals surface area contributed by atoms with Crippen LogP contribution in [0.5, 0.6) is 0 Å². The first-order valence-electron chi connectivity index (χ1n) is 14.4. The van der Waals surface area contributed by atoms with E-state index >= 15 is 0 Å². The fourth-order valence-electron chi connectivity index (χ4n) is 3.96. The zero-order chi connectivity index (χ0) is 30.0. The molecule has 1 aromatic rings. The average molecular weight is 625 g/mol. The number of nitrogens with one attached hydrogen (secondary N) is 2. The number of fused-ring (bicyclic) bond motifs is 2. The number of amides is 2. The van der Waals surface area contributed by atoms with Crippen LogP contribution in [-0.4, -0.2) is 63.6 Å². The van der Waals surface area contributed by atoms with E-state index in [0.29, 0.717) is 35.1 Å². The minimum Gasteiger partial charge on any atom is -0.456 e. The van der Waals surface area contributed by atoms with Gasteiger partial charge in [-0.2, -0.15) is 0 Å². The number of allylic oxidation sites excluding steroid dienone is 1. The van der Waals surface area contributed by atoms with Crippen molar-refractivity contribution in [3.8, 4) is 0 Å². The zero-order valence-corrected chi connectivity index (χ0v) is 27.1. The lowest BCUT2D eigenvalue weighted by Crippen LogP contribution is -2.46. The Hall–Kier alpha value is -2.18. The molecule has 2 rings (SSSR count). The predicted molar refractivity (Wildman–Crippen MR) is 169 cm³/mol. The Kier molecular flexibility index (Phi) is 17.0. The second-order valence-corrected chi connectivity index (χ2v) is 13.3. The van der Waals surface area contributed by atoms with Gasteiger partial charge >= 0.3 is 5.97 Å². The summed E-state index contributed by atoms with van der Waals surface area (Å²) in [5, 5.41) is 9.18. The molecular weight excluding hydrogens is 581 g/mol. The molecule has 1 aromatic heterocycles. The van der Waals surface area contributed by atoms with Crippen LogP contribution >= 0.6 is 34.9 Å². The van der Waals surface area contributed by atoms with Crippen LogP contribution < -0.4 is 10.6 Å². The van der Waals surface area contributed by atoms with E-state index in [0.717, 1.165) is 17.8 Å². The first-order valence-corrected chi connectivity index (χ1v) is 17.2. The molecule has 2 heterocycles. The maximum atomic E-state index is 13.1. The fourth-order valence-corrected chi connectivity index (χ4v) is 6.39. The summed E-state index contributed by atoms with van der Waals surface area (Å²) in [5.74, 6) is -0.235. The number of aliphatic imine (C=N–C) groups is 1. The number of unbranched alkanes of at least 4 members (excludes halogenated alkanes) is 4. The summed E-state index contributed by atoms with van der Waals surface area (Å²) in [7, 11) is 1.68. The van der Waals surface area contributed by atoms with Gasteiger partial charge in [0, 0.05) is 36.8 Å². The molecule has 2 atom stereocenters. The highest BCUT2D eigenvalue weighted by atomic mass is 32.2. The Labute approximate surface area is 256 Å². The molecular formula is C29H44N4O5S3. The number of carbonyl (C=O) groups is 4. The Morgan fingerprint density at radius 1 is 1.22 bits per heavy atom. The number of ether oxygens (including phenoxy) is 1. The van der Waals surface area contributed by atoms with Gasteiger partial charge in [-0.3, -0.25) is 19.4 Å². The van der Waals surface area contributed by atoms with Crippen LogP contribution in [0.25, 0.3) is 0 Å². The number of carbonyl (C=O) groups excluding carboxylic acids is 4. The number of thioether (sulfide) groups is 2. The van der Waals surface area contributed by atoms with Crippen LogP contribution in [0.15, 0.2) is 22.5 Å². The van der Waals surface area contributed by atoms with Crippen LogP contribution in [0.2, 0.25) is 0 Å². The lowest BCUT2D eigenvalue weighted by Gasteiger charge is -2.23. The molecule has 9 nitrogen and oxygen atoms in total. The van der Waals surface area contributed by atoms with E-state index in [9.17, 15) is 19.2 Å². The molecule has 0 spiro atoms. The molecule has 2 bridgehead atoms. The van der Waals surface area contributed by atoms with Gasteiger partial charge in [-0.05, 0) is 24.8 Å². The van der Waals surface area contributed by atoms with E-state index in [1.165, 1.54) is 54.1 Å². The van der Waals surface area contributed by atoms with Gasteiger partial charge < -0.3 is 15.4 Å². The van der Waals surface area contributed by atoms with Gasteiger partial charge in [0.15, 0.2) is 5.12 Å². The Morgan fingerprint density at radius 2 is 2.00 bits per heavy atom. The van der Waals surface area contributed by atoms with E-state index in [4.69, 9.17) is 4.74 Å². The standard InChI is InChI=1S/C29H44N4O5S3/c1-5-6-7-8-9-13-26(36)39-15-11-10-12-21-17-24(35)31-18-25-32-22(19-41-25)28(30-4)40-16-14-23(34)33-27(20(2)3)29(37)38-21/h10,12,19-21,27H,5-9,11,13-18H2,1-4H3,(H,31,35)(H,33,34)/b12-10+,30-28?/t21?,27-/m0/s1. The van der Waals surface area contributed by atoms with Gasteiger partial charge in [0.05, 0.1) is 13.0 Å². The molecule has 0 fully saturated rings. The van der Waals surface area contributed by atoms with E-state index in [-0.39, 0.29) is 42.2 Å². The molecule has 2 N–H and O–H groups in total. The van der Waals surface area contributed by atoms with Gasteiger partial charge in [-0.15, -0.1) is 23.1 Å². The van der Waals surface area contributed by atoms with Gasteiger partial charge in [-0.25, -0.2) is 9.78 Å². The molecule has 1 aliphatic rings. The minimum absolute atomic E-state index is 0.0689. The van der Waals surface area contributed by atoms with E-state index < -0.39 is 18.1 Å². The van der Waals surface area contributed by atoms with Gasteiger partial charge in [0.25, 0.3) is 0 Å². The summed E-state index contributed by atoms with van der Waals surface area (Å²) in [6, 6.07) is -0.840. The van der Waals surface area contributed by atoms with E-state index in [1.807, 2.05) is 25.3 Å². The maximum absolute atomic E-state index is 13.1. The first-order chi connectivity index (χ1) is 19.7. The van der Waals surface area contributed by atoms with Crippen LogP contribution in [0.3, 0.4) is 0 Å². The highest BCUT2D eigenvalue weighted by molar-refractivity contribution is 8.14. The van der Waals surface area contributed by atoms with Crippen LogP contribution in [0, 0.1) is 5.92 Å². The summed E-state index contributed by atoms with van der Waals surface area (Å²) in [5.41, 5.74) is 0.712. The Balaban J connectivity index is 2.04. The summed E-state index contributed by atoms with van der Waals surface area (Å²) in [6.45, 7) is 6.09. The van der Waals surface area contributed by atoms with Gasteiger partial charge in [0.1, 0.15) is 27.9 Å². The second-order valence-electron chi connectivity index (χ2n) is 10.1. The number of thiazole rings is 1. The number of aromatic nitrogens is 1. The van der Waals surface area contributed by atoms with Crippen LogP contribution in [0.1, 0.15) is 89.3 Å². The van der Waals surface area contributed by atoms with Crippen molar-refractivity contribution in [1.82, 2.24) is 15.6 Å². The summed E-state index contributed by atoms with van der Waals surface area (Å²) >= 11 is 4.16. The normalized spacial score (nSPS) is 20.6. The maximum Gasteiger partial charge on any atom is 0.329 e. The number of cyclic esters (lactones) is 1. The molecule has 1 unspecified atom stereocenters. The smallest absolute Gasteiger partial charge is 0.329 e. The summed E-state index contributed by atoms with van der Waals surface area (Å²) in [6.07, 6.45) is 9.64. The van der Waals surface area contributed by atoms with Crippen molar-refractivity contribution in [2.24, 2.45) is 10.9 Å². The zero-order valence-electron chi connectivity index (χ0n) is 24.6. The van der Waals surface area contributed by atoms with Crippen molar-refractivity contribution in [2.75, 3.05) is 18.6 Å². The van der Waals surface area contributed by atoms with E-state index in [2.05, 4.69) is 27.5 Å². The van der Waals surface area contributed by atoms with Gasteiger partial charge in [0.2, 0.25) is 11.8 Å². The monoisotopic (exact) mass is 624 g/mol. The Morgan fingerprint density at radius 3 is 2.73 bits per heavy atom. The number of rotatable bonds is 11. The molecule has 1 aliphatic heterocycles. The SMILES string of the molecule is CCCCCCCC(=O)SCC/C=C/C1CC(=O)NCc2nc(cs2)C(=NC)SCCC(=O)N[C@@H](C(C)C)C(=O)O1. The van der Waals surface area contributed by atoms with Crippen LogP contribution in [-0.2, 0) is 30.5 Å². The molecule has 0 aromatic carbocycles. The predicted octanol–water partition coefficient (Wildman–Crippen LogP) is 5.28. The lowest BCUT2D eigenvalue weighted by atomic mass is 10.0. The van der Waals surface area contributed by atoms with Crippen LogP contribution in [0.4, 0.5) is 0 Å². The van der Waals surface area contributed by atoms with Gasteiger partial charge in [-0.1, -0.05) is 64.3 Å². The minimum atomic E-state index is -0.840. The highest BCUT2D eigenvalue weighted by Crippen LogP contribution is 2.19. The number of hydrogen-bond donors (Lipinski definition) is 2. The average Bonchev–Trinajstić information content (AvgIpc) is 3.40. The number of esters is 1. The largest absolute Gasteiger partial charge is 0.456 e. The molecule has 41 heavy (non-hydrogen) atoms. The number of nitrogens with zero attached hydrogens (tertiary/aromatic N) is 2. The topological polar surface area (TPSA) is 127 Å². The molecule has 12 heteroatoms. The summed E-state index contributed by atoms with van der Waals surface area (Å²) in [4.78, 5) is 59.6. The Bertz CT molecular complexity index is 1060. The van der Waals surface area contributed by atoms with Crippen molar-refractivity contribution in [3.05, 3.63) is 28.2 Å². The molecule has 0 radical (unpaired) electrons. The van der Waals surface area contributed by atoms with Crippen molar-refractivity contribution >= 4 is 62.8 Å². The first kappa shape index (κ1) is 35.0. The van der Waals surface area contributed by atoms with Crippen molar-refractivity contribution < 1.29 is 23.9 Å². The lowest BCUT2D eigenvalue weighted by molar-refractivity contribution is -0.153. The third kappa shape index (κ3) is 14.0. The molecule has 228 valence electrons. The second kappa shape index (κ2) is 19.9. The van der Waals surface area contributed by atoms with Crippen molar-refractivity contribution in [1.29, 1.82) is 0 Å². The molecule has 0 saturated heterocycles.